The molecule has 2 fully saturated rings. The SMILES string of the molecule is CC(=O)N1CCC[C@@]2(C(=O)NCCc3c[nH]c4ccccc34)CCN(C)C[C@H]12. The topological polar surface area (TPSA) is 68.4 Å². The largest absolute Gasteiger partial charge is 0.361 e. The summed E-state index contributed by atoms with van der Waals surface area (Å²) < 4.78 is 0. The number of aromatic amines is 1. The normalized spacial score (nSPS) is 25.5. The fourth-order valence-electron chi connectivity index (χ4n) is 5.11. The minimum atomic E-state index is -0.448. The lowest BCUT2D eigenvalue weighted by Crippen LogP contribution is -2.66. The molecule has 6 heteroatoms. The van der Waals surface area contributed by atoms with Gasteiger partial charge in [-0.2, -0.15) is 0 Å². The molecule has 0 unspecified atom stereocenters. The number of likely N-dealkylation sites (tertiary alicyclic amines) is 2. The predicted molar refractivity (Wildman–Crippen MR) is 110 cm³/mol. The zero-order valence-electron chi connectivity index (χ0n) is 16.8. The molecule has 0 bridgehead atoms. The number of hydrogen-bond acceptors (Lipinski definition) is 3. The molecule has 1 aromatic carbocycles. The van der Waals surface area contributed by atoms with Crippen LogP contribution >= 0.6 is 0 Å². The Kier molecular flexibility index (Phi) is 5.15. The van der Waals surface area contributed by atoms with E-state index in [0.29, 0.717) is 6.54 Å². The number of para-hydroxylation sites is 1. The van der Waals surface area contributed by atoms with Crippen molar-refractivity contribution in [2.24, 2.45) is 5.41 Å². The lowest BCUT2D eigenvalue weighted by Gasteiger charge is -2.53. The first kappa shape index (κ1) is 19.0. The van der Waals surface area contributed by atoms with E-state index in [4.69, 9.17) is 0 Å². The summed E-state index contributed by atoms with van der Waals surface area (Å²) in [5.74, 6) is 0.201. The fraction of sp³-hybridized carbons (Fsp3) is 0.545. The molecular formula is C22H30N4O2. The van der Waals surface area contributed by atoms with Crippen molar-refractivity contribution in [1.82, 2.24) is 20.1 Å². The first-order valence-corrected chi connectivity index (χ1v) is 10.3. The molecule has 28 heavy (non-hydrogen) atoms. The Hall–Kier alpha value is -2.34. The summed E-state index contributed by atoms with van der Waals surface area (Å²) >= 11 is 0. The molecule has 2 aromatic rings. The Morgan fingerprint density at radius 3 is 2.89 bits per heavy atom. The Morgan fingerprint density at radius 1 is 1.25 bits per heavy atom. The molecule has 0 saturated carbocycles. The summed E-state index contributed by atoms with van der Waals surface area (Å²) in [5.41, 5.74) is 1.90. The van der Waals surface area contributed by atoms with Crippen molar-refractivity contribution in [2.45, 2.75) is 38.6 Å². The van der Waals surface area contributed by atoms with E-state index >= 15 is 0 Å². The lowest BCUT2D eigenvalue weighted by atomic mass is 9.67. The van der Waals surface area contributed by atoms with Gasteiger partial charge in [0.05, 0.1) is 11.5 Å². The number of amides is 2. The van der Waals surface area contributed by atoms with Gasteiger partial charge in [0.2, 0.25) is 11.8 Å². The second-order valence-corrected chi connectivity index (χ2v) is 8.37. The van der Waals surface area contributed by atoms with Crippen LogP contribution in [-0.2, 0) is 16.0 Å². The van der Waals surface area contributed by atoms with E-state index in [9.17, 15) is 9.59 Å². The van der Waals surface area contributed by atoms with Gasteiger partial charge in [-0.05, 0) is 50.9 Å². The highest BCUT2D eigenvalue weighted by atomic mass is 16.2. The van der Waals surface area contributed by atoms with Crippen molar-refractivity contribution in [3.8, 4) is 0 Å². The predicted octanol–water partition coefficient (Wildman–Crippen LogP) is 2.16. The number of H-pyrrole nitrogens is 1. The molecule has 3 heterocycles. The van der Waals surface area contributed by atoms with Crippen molar-refractivity contribution < 1.29 is 9.59 Å². The average Bonchev–Trinajstić information content (AvgIpc) is 3.10. The summed E-state index contributed by atoms with van der Waals surface area (Å²) in [4.78, 5) is 33.0. The third-order valence-corrected chi connectivity index (χ3v) is 6.67. The Morgan fingerprint density at radius 2 is 2.07 bits per heavy atom. The van der Waals surface area contributed by atoms with Gasteiger partial charge >= 0.3 is 0 Å². The standard InChI is InChI=1S/C22H30N4O2/c1-16(27)26-12-5-9-22(10-13-25(2)15-20(22)26)21(28)23-11-8-17-14-24-19-7-4-3-6-18(17)19/h3-4,6-7,14,20,24H,5,8-13,15H2,1-2H3,(H,23,28)/t20-,22+/m0/s1. The quantitative estimate of drug-likeness (QED) is 0.851. The summed E-state index contributed by atoms with van der Waals surface area (Å²) in [7, 11) is 2.08. The highest BCUT2D eigenvalue weighted by Crippen LogP contribution is 2.42. The molecule has 2 amide bonds. The molecule has 2 saturated heterocycles. The van der Waals surface area contributed by atoms with Crippen LogP contribution in [0.2, 0.25) is 0 Å². The summed E-state index contributed by atoms with van der Waals surface area (Å²) in [6.45, 7) is 4.68. The van der Waals surface area contributed by atoms with Crippen molar-refractivity contribution in [2.75, 3.05) is 33.2 Å². The number of nitrogens with zero attached hydrogens (tertiary/aromatic N) is 2. The molecule has 0 aliphatic carbocycles. The smallest absolute Gasteiger partial charge is 0.228 e. The molecule has 150 valence electrons. The first-order chi connectivity index (χ1) is 13.5. The lowest BCUT2D eigenvalue weighted by molar-refractivity contribution is -0.152. The van der Waals surface area contributed by atoms with Crippen molar-refractivity contribution in [3.05, 3.63) is 36.0 Å². The number of fused-ring (bicyclic) bond motifs is 2. The van der Waals surface area contributed by atoms with Crippen LogP contribution in [0.15, 0.2) is 30.5 Å². The average molecular weight is 383 g/mol. The highest BCUT2D eigenvalue weighted by molar-refractivity contribution is 5.86. The molecule has 2 aliphatic rings. The van der Waals surface area contributed by atoms with E-state index in [1.807, 2.05) is 23.2 Å². The van der Waals surface area contributed by atoms with Gasteiger partial charge in [0.25, 0.3) is 0 Å². The molecule has 1 aromatic heterocycles. The van der Waals surface area contributed by atoms with Crippen LogP contribution in [-0.4, -0.2) is 65.9 Å². The van der Waals surface area contributed by atoms with Crippen LogP contribution in [0.3, 0.4) is 0 Å². The number of benzene rings is 1. The van der Waals surface area contributed by atoms with E-state index in [1.54, 1.807) is 6.92 Å². The molecule has 0 spiro atoms. The minimum absolute atomic E-state index is 0.0226. The summed E-state index contributed by atoms with van der Waals surface area (Å²) in [6.07, 6.45) is 5.42. The molecular weight excluding hydrogens is 352 g/mol. The van der Waals surface area contributed by atoms with Crippen LogP contribution in [0.1, 0.15) is 31.7 Å². The maximum Gasteiger partial charge on any atom is 0.228 e. The Bertz CT molecular complexity index is 876. The summed E-state index contributed by atoms with van der Waals surface area (Å²) in [5, 5.41) is 4.43. The number of hydrogen-bond donors (Lipinski definition) is 2. The molecule has 2 aliphatic heterocycles. The second kappa shape index (κ2) is 7.59. The second-order valence-electron chi connectivity index (χ2n) is 8.37. The number of piperidine rings is 2. The molecule has 2 N–H and O–H groups in total. The molecule has 0 radical (unpaired) electrons. The monoisotopic (exact) mass is 382 g/mol. The maximum atomic E-state index is 13.3. The highest BCUT2D eigenvalue weighted by Gasteiger charge is 2.52. The van der Waals surface area contributed by atoms with Crippen LogP contribution in [0.4, 0.5) is 0 Å². The van der Waals surface area contributed by atoms with Crippen LogP contribution in [0, 0.1) is 5.41 Å². The number of carbonyl (C=O) groups is 2. The number of rotatable bonds is 4. The van der Waals surface area contributed by atoms with Gasteiger partial charge in [-0.25, -0.2) is 0 Å². The van der Waals surface area contributed by atoms with E-state index in [0.717, 1.165) is 50.8 Å². The Labute approximate surface area is 166 Å². The van der Waals surface area contributed by atoms with Crippen molar-refractivity contribution >= 4 is 22.7 Å². The van der Waals surface area contributed by atoms with E-state index < -0.39 is 5.41 Å². The van der Waals surface area contributed by atoms with Crippen LogP contribution < -0.4 is 5.32 Å². The fourth-order valence-corrected chi connectivity index (χ4v) is 5.11. The number of likely N-dealkylation sites (N-methyl/N-ethyl adjacent to an activating group) is 1. The van der Waals surface area contributed by atoms with Crippen molar-refractivity contribution in [3.63, 3.8) is 0 Å². The van der Waals surface area contributed by atoms with Gasteiger partial charge in [-0.3, -0.25) is 9.59 Å². The van der Waals surface area contributed by atoms with Gasteiger partial charge in [-0.1, -0.05) is 18.2 Å². The number of carbonyl (C=O) groups excluding carboxylic acids is 2. The zero-order chi connectivity index (χ0) is 19.7. The zero-order valence-corrected chi connectivity index (χ0v) is 16.8. The number of nitrogens with one attached hydrogen (secondary N) is 2. The molecule has 4 rings (SSSR count). The minimum Gasteiger partial charge on any atom is -0.361 e. The van der Waals surface area contributed by atoms with Gasteiger partial charge in [0, 0.05) is 43.7 Å². The van der Waals surface area contributed by atoms with Crippen LogP contribution in [0.25, 0.3) is 10.9 Å². The maximum absolute atomic E-state index is 13.3. The van der Waals surface area contributed by atoms with E-state index in [1.165, 1.54) is 10.9 Å². The molecule has 6 nitrogen and oxygen atoms in total. The van der Waals surface area contributed by atoms with Gasteiger partial charge < -0.3 is 20.1 Å². The van der Waals surface area contributed by atoms with E-state index in [2.05, 4.69) is 34.4 Å². The van der Waals surface area contributed by atoms with Gasteiger partial charge in [0.1, 0.15) is 0 Å². The number of aromatic nitrogens is 1. The molecule has 2 atom stereocenters. The van der Waals surface area contributed by atoms with Gasteiger partial charge in [-0.15, -0.1) is 0 Å². The third-order valence-electron chi connectivity index (χ3n) is 6.67. The summed E-state index contributed by atoms with van der Waals surface area (Å²) in [6, 6.07) is 8.22. The first-order valence-electron chi connectivity index (χ1n) is 10.3. The third kappa shape index (κ3) is 3.30. The van der Waals surface area contributed by atoms with Crippen LogP contribution in [0.5, 0.6) is 0 Å². The Balaban J connectivity index is 1.47. The van der Waals surface area contributed by atoms with Crippen molar-refractivity contribution in [1.29, 1.82) is 0 Å². The van der Waals surface area contributed by atoms with E-state index in [-0.39, 0.29) is 17.9 Å². The van der Waals surface area contributed by atoms with Gasteiger partial charge in [0.15, 0.2) is 0 Å².